The number of carbonyl (C=O) groups excluding carboxylic acids is 1. The highest BCUT2D eigenvalue weighted by molar-refractivity contribution is 5.69. The van der Waals surface area contributed by atoms with Crippen LogP contribution in [0.3, 0.4) is 0 Å². The van der Waals surface area contributed by atoms with Gasteiger partial charge in [0.2, 0.25) is 5.89 Å². The van der Waals surface area contributed by atoms with Crippen LogP contribution in [0.5, 0.6) is 0 Å². The molecule has 7 heteroatoms. The van der Waals surface area contributed by atoms with Crippen molar-refractivity contribution < 1.29 is 23.8 Å². The van der Waals surface area contributed by atoms with E-state index in [1.54, 1.807) is 4.90 Å². The van der Waals surface area contributed by atoms with Crippen LogP contribution >= 0.6 is 0 Å². The Labute approximate surface area is 115 Å². The second-order valence-corrected chi connectivity index (χ2v) is 4.53. The Kier molecular flexibility index (Phi) is 4.39. The normalized spacial score (nSPS) is 14.7. The average molecular weight is 280 g/mol. The molecule has 1 aliphatic rings. The van der Waals surface area contributed by atoms with Crippen molar-refractivity contribution >= 4 is 12.1 Å². The van der Waals surface area contributed by atoms with E-state index < -0.39 is 5.97 Å². The molecule has 108 valence electrons. The van der Waals surface area contributed by atoms with Gasteiger partial charge in [-0.05, 0) is 0 Å². The van der Waals surface area contributed by atoms with Crippen molar-refractivity contribution in [3.8, 4) is 0 Å². The molecule has 1 aromatic rings. The summed E-state index contributed by atoms with van der Waals surface area (Å²) in [6, 6.07) is 0. The fourth-order valence-corrected chi connectivity index (χ4v) is 1.86. The minimum atomic E-state index is -0.872. The third-order valence-corrected chi connectivity index (χ3v) is 2.97. The number of hydrogen-bond donors (Lipinski definition) is 1. The van der Waals surface area contributed by atoms with Gasteiger partial charge in [0, 0.05) is 19.5 Å². The number of likely N-dealkylation sites (tertiary alicyclic amines) is 1. The topological polar surface area (TPSA) is 92.9 Å². The minimum absolute atomic E-state index is 0.0132. The lowest BCUT2D eigenvalue weighted by atomic mass is 10.0. The highest BCUT2D eigenvalue weighted by Gasteiger charge is 2.35. The van der Waals surface area contributed by atoms with E-state index in [1.807, 2.05) is 0 Å². The summed E-state index contributed by atoms with van der Waals surface area (Å²) in [5, 5.41) is 8.59. The summed E-state index contributed by atoms with van der Waals surface area (Å²) in [6.45, 7) is 4.65. The fourth-order valence-electron chi connectivity index (χ4n) is 1.86. The van der Waals surface area contributed by atoms with Gasteiger partial charge in [-0.3, -0.25) is 4.79 Å². The van der Waals surface area contributed by atoms with Crippen LogP contribution in [0.25, 0.3) is 0 Å². The third kappa shape index (κ3) is 3.37. The van der Waals surface area contributed by atoms with Crippen LogP contribution in [-0.2, 0) is 16.0 Å². The summed E-state index contributed by atoms with van der Waals surface area (Å²) in [5.74, 6) is 0.265. The number of carbonyl (C=O) groups is 2. The molecule has 1 saturated heterocycles. The van der Waals surface area contributed by atoms with Crippen molar-refractivity contribution in [2.75, 3.05) is 19.7 Å². The lowest BCUT2D eigenvalue weighted by molar-refractivity contribution is -0.137. The SMILES string of the molecule is C=CCOC(=O)N1CC(c2ncc(CCC(=O)O)o2)C1. The van der Waals surface area contributed by atoms with Gasteiger partial charge in [0.1, 0.15) is 12.4 Å². The van der Waals surface area contributed by atoms with E-state index in [4.69, 9.17) is 14.3 Å². The molecule has 2 heterocycles. The maximum Gasteiger partial charge on any atom is 0.410 e. The number of oxazole rings is 1. The first-order valence-electron chi connectivity index (χ1n) is 6.29. The molecule has 2 rings (SSSR count). The molecular formula is C13H16N2O5. The Balaban J connectivity index is 1.79. The van der Waals surface area contributed by atoms with E-state index in [9.17, 15) is 9.59 Å². The number of rotatable bonds is 6. The molecule has 0 bridgehead atoms. The monoisotopic (exact) mass is 280 g/mol. The maximum atomic E-state index is 11.5. The molecule has 1 amide bonds. The zero-order valence-electron chi connectivity index (χ0n) is 10.9. The lowest BCUT2D eigenvalue weighted by Gasteiger charge is -2.36. The molecule has 0 aromatic carbocycles. The highest BCUT2D eigenvalue weighted by Crippen LogP contribution is 2.27. The van der Waals surface area contributed by atoms with Gasteiger partial charge in [0.05, 0.1) is 18.5 Å². The molecule has 1 N–H and O–H groups in total. The van der Waals surface area contributed by atoms with Crippen LogP contribution in [0.2, 0.25) is 0 Å². The van der Waals surface area contributed by atoms with Crippen LogP contribution in [0.4, 0.5) is 4.79 Å². The Morgan fingerprint density at radius 1 is 1.60 bits per heavy atom. The van der Waals surface area contributed by atoms with Gasteiger partial charge in [0.15, 0.2) is 0 Å². The first-order valence-corrected chi connectivity index (χ1v) is 6.29. The van der Waals surface area contributed by atoms with Crippen molar-refractivity contribution in [2.45, 2.75) is 18.8 Å². The molecule has 0 saturated carbocycles. The van der Waals surface area contributed by atoms with Crippen molar-refractivity contribution in [2.24, 2.45) is 0 Å². The van der Waals surface area contributed by atoms with Crippen molar-refractivity contribution in [1.82, 2.24) is 9.88 Å². The van der Waals surface area contributed by atoms with E-state index in [1.165, 1.54) is 12.3 Å². The molecule has 1 aliphatic heterocycles. The Morgan fingerprint density at radius 3 is 3.00 bits per heavy atom. The summed E-state index contributed by atoms with van der Waals surface area (Å²) < 4.78 is 10.4. The van der Waals surface area contributed by atoms with Gasteiger partial charge in [-0.1, -0.05) is 12.7 Å². The van der Waals surface area contributed by atoms with Crippen LogP contribution in [-0.4, -0.2) is 46.7 Å². The van der Waals surface area contributed by atoms with Crippen LogP contribution < -0.4 is 0 Å². The largest absolute Gasteiger partial charge is 0.481 e. The minimum Gasteiger partial charge on any atom is -0.481 e. The number of hydrogen-bond acceptors (Lipinski definition) is 5. The predicted octanol–water partition coefficient (Wildman–Crippen LogP) is 1.41. The maximum absolute atomic E-state index is 11.5. The van der Waals surface area contributed by atoms with Gasteiger partial charge >= 0.3 is 12.1 Å². The third-order valence-electron chi connectivity index (χ3n) is 2.97. The number of aliphatic carboxylic acids is 1. The first kappa shape index (κ1) is 14.1. The second-order valence-electron chi connectivity index (χ2n) is 4.53. The van der Waals surface area contributed by atoms with Crippen LogP contribution in [0.1, 0.15) is 24.0 Å². The van der Waals surface area contributed by atoms with E-state index in [0.717, 1.165) is 0 Å². The number of aryl methyl sites for hydroxylation is 1. The second kappa shape index (κ2) is 6.23. The number of carboxylic acid groups (broad SMARTS) is 1. The van der Waals surface area contributed by atoms with Gasteiger partial charge in [-0.25, -0.2) is 9.78 Å². The Bertz CT molecular complexity index is 505. The molecular weight excluding hydrogens is 264 g/mol. The van der Waals surface area contributed by atoms with Crippen LogP contribution in [0, 0.1) is 0 Å². The van der Waals surface area contributed by atoms with E-state index >= 15 is 0 Å². The zero-order valence-corrected chi connectivity index (χ0v) is 10.9. The fraction of sp³-hybridized carbons (Fsp3) is 0.462. The molecule has 0 unspecified atom stereocenters. The van der Waals surface area contributed by atoms with Gasteiger partial charge < -0.3 is 19.2 Å². The highest BCUT2D eigenvalue weighted by atomic mass is 16.6. The van der Waals surface area contributed by atoms with E-state index in [-0.39, 0.29) is 25.0 Å². The lowest BCUT2D eigenvalue weighted by Crippen LogP contribution is -2.48. The summed E-state index contributed by atoms with van der Waals surface area (Å²) >= 11 is 0. The predicted molar refractivity (Wildman–Crippen MR) is 68.3 cm³/mol. The standard InChI is InChI=1S/C13H16N2O5/c1-2-5-19-13(18)15-7-9(8-15)12-14-6-10(20-12)3-4-11(16)17/h2,6,9H,1,3-5,7-8H2,(H,16,17). The number of aromatic nitrogens is 1. The van der Waals surface area contributed by atoms with E-state index in [2.05, 4.69) is 11.6 Å². The molecule has 7 nitrogen and oxygen atoms in total. The number of nitrogens with zero attached hydrogens (tertiary/aromatic N) is 2. The molecule has 0 aliphatic carbocycles. The van der Waals surface area contributed by atoms with Crippen molar-refractivity contribution in [1.29, 1.82) is 0 Å². The van der Waals surface area contributed by atoms with Gasteiger partial charge in [0.25, 0.3) is 0 Å². The smallest absolute Gasteiger partial charge is 0.410 e. The Hall–Kier alpha value is -2.31. The molecule has 0 atom stereocenters. The van der Waals surface area contributed by atoms with Crippen LogP contribution in [0.15, 0.2) is 23.3 Å². The van der Waals surface area contributed by atoms with Crippen molar-refractivity contribution in [3.63, 3.8) is 0 Å². The summed E-state index contributed by atoms with van der Waals surface area (Å²) in [7, 11) is 0. The Morgan fingerprint density at radius 2 is 2.35 bits per heavy atom. The first-order chi connectivity index (χ1) is 9.60. The number of ether oxygens (including phenoxy) is 1. The average Bonchev–Trinajstić information content (AvgIpc) is 2.80. The zero-order chi connectivity index (χ0) is 14.5. The molecule has 0 spiro atoms. The summed E-state index contributed by atoms with van der Waals surface area (Å²) in [5.41, 5.74) is 0. The molecule has 1 fully saturated rings. The van der Waals surface area contributed by atoms with E-state index in [0.29, 0.717) is 31.2 Å². The van der Waals surface area contributed by atoms with Crippen molar-refractivity contribution in [3.05, 3.63) is 30.5 Å². The molecule has 0 radical (unpaired) electrons. The summed E-state index contributed by atoms with van der Waals surface area (Å²) in [4.78, 5) is 27.6. The van der Waals surface area contributed by atoms with Gasteiger partial charge in [-0.2, -0.15) is 0 Å². The quantitative estimate of drug-likeness (QED) is 0.792. The molecule has 1 aromatic heterocycles. The summed E-state index contributed by atoms with van der Waals surface area (Å²) in [6.07, 6.45) is 3.01. The molecule has 20 heavy (non-hydrogen) atoms. The number of carboxylic acids is 1. The number of amides is 1. The van der Waals surface area contributed by atoms with Gasteiger partial charge in [-0.15, -0.1) is 0 Å².